The average Bonchev–Trinajstić information content (AvgIpc) is 2.82. The molecule has 0 saturated heterocycles. The first kappa shape index (κ1) is 20.5. The second-order valence-electron chi connectivity index (χ2n) is 8.47. The van der Waals surface area contributed by atoms with Crippen LogP contribution in [0.1, 0.15) is 19.3 Å². The van der Waals surface area contributed by atoms with Crippen molar-refractivity contribution in [2.24, 2.45) is 4.99 Å². The molecule has 0 bridgehead atoms. The number of aromatic nitrogens is 3. The van der Waals surface area contributed by atoms with Crippen LogP contribution in [-0.4, -0.2) is 20.6 Å². The van der Waals surface area contributed by atoms with Crippen molar-refractivity contribution in [2.45, 2.75) is 25.3 Å². The second-order valence-corrected chi connectivity index (χ2v) is 8.47. The van der Waals surface area contributed by atoms with Crippen LogP contribution in [0.3, 0.4) is 0 Å². The first-order valence-electron chi connectivity index (χ1n) is 11.3. The molecule has 1 N–H and O–H groups in total. The molecule has 2 aliphatic carbocycles. The summed E-state index contributed by atoms with van der Waals surface area (Å²) in [5, 5.41) is 4.23. The molecule has 3 aliphatic rings. The Labute approximate surface area is 194 Å². The highest BCUT2D eigenvalue weighted by molar-refractivity contribution is 5.84. The van der Waals surface area contributed by atoms with E-state index in [1.807, 2.05) is 53.1 Å². The number of rotatable bonds is 4. The highest BCUT2D eigenvalue weighted by Gasteiger charge is 2.20. The lowest BCUT2D eigenvalue weighted by Crippen LogP contribution is -2.22. The van der Waals surface area contributed by atoms with E-state index in [9.17, 15) is 8.78 Å². The third-order valence-corrected chi connectivity index (χ3v) is 6.20. The molecule has 2 aromatic carbocycles. The highest BCUT2D eigenvalue weighted by atomic mass is 19.2. The van der Waals surface area contributed by atoms with E-state index in [0.29, 0.717) is 11.4 Å². The van der Waals surface area contributed by atoms with Crippen molar-refractivity contribution < 1.29 is 8.78 Å². The van der Waals surface area contributed by atoms with Gasteiger partial charge in [0.15, 0.2) is 11.6 Å². The Kier molecular flexibility index (Phi) is 5.02. The second kappa shape index (κ2) is 8.33. The minimum atomic E-state index is -0.895. The quantitative estimate of drug-likeness (QED) is 0.340. The van der Waals surface area contributed by atoms with Crippen molar-refractivity contribution in [3.63, 3.8) is 0 Å². The zero-order chi connectivity index (χ0) is 23.1. The van der Waals surface area contributed by atoms with Gasteiger partial charge in [-0.2, -0.15) is 0 Å². The Morgan fingerprint density at radius 3 is 2.59 bits per heavy atom. The van der Waals surface area contributed by atoms with Crippen LogP contribution in [0.2, 0.25) is 0 Å². The Hall–Kier alpha value is -4.13. The van der Waals surface area contributed by atoms with E-state index >= 15 is 0 Å². The Balaban J connectivity index is 1.65. The number of fused-ring (bicyclic) bond motifs is 2. The fourth-order valence-electron chi connectivity index (χ4n) is 4.26. The summed E-state index contributed by atoms with van der Waals surface area (Å²) in [7, 11) is 0. The minimum absolute atomic E-state index is 0.275. The normalized spacial score (nSPS) is 14.5. The summed E-state index contributed by atoms with van der Waals surface area (Å²) in [6, 6.07) is 19.6. The maximum atomic E-state index is 14.2. The summed E-state index contributed by atoms with van der Waals surface area (Å²) in [6.07, 6.45) is 6.78. The highest BCUT2D eigenvalue weighted by Crippen LogP contribution is 2.31. The first-order chi connectivity index (χ1) is 16.7. The van der Waals surface area contributed by atoms with Gasteiger partial charge in [-0.05, 0) is 67.8 Å². The zero-order valence-corrected chi connectivity index (χ0v) is 18.2. The van der Waals surface area contributed by atoms with Crippen molar-refractivity contribution in [2.75, 3.05) is 5.32 Å². The van der Waals surface area contributed by atoms with Crippen molar-refractivity contribution in [1.29, 1.82) is 0 Å². The summed E-state index contributed by atoms with van der Waals surface area (Å²) in [6.45, 7) is 0. The van der Waals surface area contributed by atoms with Gasteiger partial charge in [0, 0.05) is 18.0 Å². The van der Waals surface area contributed by atoms with E-state index in [1.165, 1.54) is 12.5 Å². The van der Waals surface area contributed by atoms with Crippen LogP contribution in [0.4, 0.5) is 20.2 Å². The molecule has 34 heavy (non-hydrogen) atoms. The van der Waals surface area contributed by atoms with Crippen LogP contribution in [0.5, 0.6) is 0 Å². The molecule has 0 unspecified atom stereocenters. The summed E-state index contributed by atoms with van der Waals surface area (Å²) in [5.41, 5.74) is 5.21. The van der Waals surface area contributed by atoms with Crippen molar-refractivity contribution in [1.82, 2.24) is 14.5 Å². The van der Waals surface area contributed by atoms with E-state index in [1.54, 1.807) is 18.5 Å². The van der Waals surface area contributed by atoms with Gasteiger partial charge in [0.25, 0.3) is 0 Å². The van der Waals surface area contributed by atoms with Gasteiger partial charge in [-0.25, -0.2) is 13.8 Å². The third kappa shape index (κ3) is 3.69. The fourth-order valence-corrected chi connectivity index (χ4v) is 4.26. The number of nitrogens with zero attached hydrogens (tertiary/aromatic N) is 4. The molecule has 0 radical (unpaired) electrons. The zero-order valence-electron chi connectivity index (χ0n) is 18.2. The summed E-state index contributed by atoms with van der Waals surface area (Å²) < 4.78 is 29.9. The lowest BCUT2D eigenvalue weighted by atomic mass is 9.94. The summed E-state index contributed by atoms with van der Waals surface area (Å²) >= 11 is 0. The van der Waals surface area contributed by atoms with E-state index in [-0.39, 0.29) is 6.04 Å². The molecule has 1 fully saturated rings. The lowest BCUT2D eigenvalue weighted by Gasteiger charge is -2.23. The molecule has 5 nitrogen and oxygen atoms in total. The monoisotopic (exact) mass is 453 g/mol. The van der Waals surface area contributed by atoms with Crippen LogP contribution in [0.15, 0.2) is 84.1 Å². The van der Waals surface area contributed by atoms with Gasteiger partial charge in [-0.3, -0.25) is 9.98 Å². The number of halogens is 2. The molecule has 1 saturated carbocycles. The topological polar surface area (TPSA) is 55.1 Å². The summed E-state index contributed by atoms with van der Waals surface area (Å²) in [5.74, 6) is -1.77. The van der Waals surface area contributed by atoms with Gasteiger partial charge in [0.05, 0.1) is 51.4 Å². The standard InChI is InChI=1S/C27H21F2N5/c28-20-11-10-19(13-21(20)29)34-26-9-2-1-8-22(26)33-25-14-23(32-18-7-4-12-30-16-18)24(15-27(25)34)31-17-5-3-6-17/h1-2,4,7-17,32H,3,5-6H2/b31-24+. The number of pyridine rings is 1. The van der Waals surface area contributed by atoms with Crippen molar-refractivity contribution >= 4 is 22.4 Å². The molecule has 7 heteroatoms. The SMILES string of the molecule is Fc1ccc(-n2c3c/c(=N\C4CCC4)c(Nc4cccnc4)cc-3nc3ccccc32)cc1F. The molecule has 0 amide bonds. The van der Waals surface area contributed by atoms with Crippen LogP contribution >= 0.6 is 0 Å². The predicted molar refractivity (Wildman–Crippen MR) is 128 cm³/mol. The molecule has 2 heterocycles. The van der Waals surface area contributed by atoms with Gasteiger partial charge in [-0.15, -0.1) is 0 Å². The van der Waals surface area contributed by atoms with Crippen molar-refractivity contribution in [3.05, 3.63) is 96.1 Å². The molecule has 0 spiro atoms. The third-order valence-electron chi connectivity index (χ3n) is 6.20. The Morgan fingerprint density at radius 2 is 1.82 bits per heavy atom. The Morgan fingerprint density at radius 1 is 0.941 bits per heavy atom. The summed E-state index contributed by atoms with van der Waals surface area (Å²) in [4.78, 5) is 14.1. The number of nitrogens with one attached hydrogen (secondary N) is 1. The van der Waals surface area contributed by atoms with Gasteiger partial charge in [0.2, 0.25) is 0 Å². The molecular formula is C27H21F2N5. The van der Waals surface area contributed by atoms with E-state index in [4.69, 9.17) is 9.98 Å². The number of para-hydroxylation sites is 2. The van der Waals surface area contributed by atoms with E-state index < -0.39 is 11.6 Å². The lowest BCUT2D eigenvalue weighted by molar-refractivity contribution is 0.413. The molecule has 168 valence electrons. The maximum absolute atomic E-state index is 14.2. The van der Waals surface area contributed by atoms with Crippen LogP contribution in [-0.2, 0) is 0 Å². The number of hydrogen-bond donors (Lipinski definition) is 1. The number of benzene rings is 3. The van der Waals surface area contributed by atoms with E-state index in [2.05, 4.69) is 10.3 Å². The number of hydrogen-bond acceptors (Lipinski definition) is 4. The van der Waals surface area contributed by atoms with Gasteiger partial charge < -0.3 is 9.88 Å². The van der Waals surface area contributed by atoms with Crippen LogP contribution in [0, 0.1) is 11.6 Å². The van der Waals surface area contributed by atoms with Gasteiger partial charge in [0.1, 0.15) is 0 Å². The average molecular weight is 453 g/mol. The van der Waals surface area contributed by atoms with Crippen molar-refractivity contribution in [3.8, 4) is 17.1 Å². The van der Waals surface area contributed by atoms with E-state index in [0.717, 1.165) is 52.4 Å². The van der Waals surface area contributed by atoms with Crippen LogP contribution in [0.25, 0.3) is 28.1 Å². The van der Waals surface area contributed by atoms with Crippen LogP contribution < -0.4 is 10.7 Å². The van der Waals surface area contributed by atoms with Gasteiger partial charge in [-0.1, -0.05) is 12.1 Å². The molecule has 1 aliphatic heterocycles. The molecule has 3 aromatic rings. The molecule has 1 aromatic heterocycles. The molecule has 0 atom stereocenters. The minimum Gasteiger partial charge on any atom is -0.352 e. The molecular weight excluding hydrogens is 432 g/mol. The predicted octanol–water partition coefficient (Wildman–Crippen LogP) is 6.00. The fraction of sp³-hybridized carbons (Fsp3) is 0.148. The van der Waals surface area contributed by atoms with Gasteiger partial charge >= 0.3 is 0 Å². The molecule has 6 rings (SSSR count). The largest absolute Gasteiger partial charge is 0.352 e. The maximum Gasteiger partial charge on any atom is 0.160 e. The Bertz CT molecular complexity index is 1540. The first-order valence-corrected chi connectivity index (χ1v) is 11.3. The smallest absolute Gasteiger partial charge is 0.160 e. The number of anilines is 2.